The van der Waals surface area contributed by atoms with E-state index in [2.05, 4.69) is 5.32 Å². The van der Waals surface area contributed by atoms with Crippen molar-refractivity contribution in [1.82, 2.24) is 10.2 Å². The van der Waals surface area contributed by atoms with Crippen molar-refractivity contribution in [2.75, 3.05) is 26.8 Å². The number of para-hydroxylation sites is 1. The number of methoxy groups -OCH3 is 1. The van der Waals surface area contributed by atoms with Crippen molar-refractivity contribution in [2.24, 2.45) is 0 Å². The highest BCUT2D eigenvalue weighted by molar-refractivity contribution is 5.99. The summed E-state index contributed by atoms with van der Waals surface area (Å²) in [6.45, 7) is 0.866. The minimum atomic E-state index is -0.976. The number of ether oxygens (including phenoxy) is 1. The summed E-state index contributed by atoms with van der Waals surface area (Å²) in [4.78, 5) is 26.9. The highest BCUT2D eigenvalue weighted by Crippen LogP contribution is 2.28. The minimum absolute atomic E-state index is 0.0756. The van der Waals surface area contributed by atoms with Gasteiger partial charge in [-0.3, -0.25) is 9.59 Å². The second-order valence-electron chi connectivity index (χ2n) is 6.44. The molecule has 7 heteroatoms. The highest BCUT2D eigenvalue weighted by Gasteiger charge is 2.27. The maximum absolute atomic E-state index is 12.6. The van der Waals surface area contributed by atoms with E-state index >= 15 is 0 Å². The average Bonchev–Trinajstić information content (AvgIpc) is 2.92. The number of carbonyl (C=O) groups excluding carboxylic acids is 2. The molecule has 3 rings (SSSR count). The zero-order valence-electron chi connectivity index (χ0n) is 14.9. The van der Waals surface area contributed by atoms with Crippen LogP contribution < -0.4 is 10.1 Å². The lowest BCUT2D eigenvalue weighted by Crippen LogP contribution is -2.50. The molecule has 1 aliphatic heterocycles. The molecule has 0 saturated carbocycles. The first-order valence-corrected chi connectivity index (χ1v) is 8.91. The van der Waals surface area contributed by atoms with E-state index in [0.717, 1.165) is 31.1 Å². The lowest BCUT2D eigenvalue weighted by molar-refractivity contribution is -0.134. The van der Waals surface area contributed by atoms with Gasteiger partial charge in [-0.1, -0.05) is 25.0 Å². The number of furan rings is 1. The van der Waals surface area contributed by atoms with Gasteiger partial charge in [-0.05, 0) is 25.0 Å². The second kappa shape index (κ2) is 8.23. The topological polar surface area (TPSA) is 92.0 Å². The third-order valence-electron chi connectivity index (χ3n) is 4.66. The Labute approximate surface area is 151 Å². The van der Waals surface area contributed by atoms with Crippen LogP contribution in [0.4, 0.5) is 0 Å². The van der Waals surface area contributed by atoms with E-state index in [4.69, 9.17) is 9.15 Å². The molecule has 2 N–H and O–H groups in total. The number of aliphatic hydroxyl groups is 1. The molecular weight excluding hydrogens is 336 g/mol. The summed E-state index contributed by atoms with van der Waals surface area (Å²) in [5, 5.41) is 12.9. The first-order valence-electron chi connectivity index (χ1n) is 8.91. The standard InChI is InChI=1S/C19H24N2O5/c1-25-15-8-6-7-13-11-16(26-17(13)15)18(23)20-14(12-22)19(24)21-9-4-2-3-5-10-21/h6-8,11,14,22H,2-5,9-10,12H2,1H3,(H,20,23). The van der Waals surface area contributed by atoms with Crippen molar-refractivity contribution in [3.8, 4) is 5.75 Å². The number of benzene rings is 1. The van der Waals surface area contributed by atoms with Crippen molar-refractivity contribution in [2.45, 2.75) is 31.7 Å². The highest BCUT2D eigenvalue weighted by atomic mass is 16.5. The monoisotopic (exact) mass is 360 g/mol. The van der Waals surface area contributed by atoms with Crippen LogP contribution >= 0.6 is 0 Å². The van der Waals surface area contributed by atoms with Crippen LogP contribution in [0.15, 0.2) is 28.7 Å². The van der Waals surface area contributed by atoms with E-state index < -0.39 is 18.6 Å². The molecule has 1 aromatic heterocycles. The molecule has 2 amide bonds. The van der Waals surface area contributed by atoms with Gasteiger partial charge in [0.2, 0.25) is 5.91 Å². The molecule has 0 radical (unpaired) electrons. The molecule has 1 saturated heterocycles. The van der Waals surface area contributed by atoms with Gasteiger partial charge in [0.05, 0.1) is 13.7 Å². The van der Waals surface area contributed by atoms with Crippen LogP contribution in [0.3, 0.4) is 0 Å². The molecule has 140 valence electrons. The lowest BCUT2D eigenvalue weighted by atomic mass is 10.2. The van der Waals surface area contributed by atoms with E-state index in [0.29, 0.717) is 24.4 Å². The Bertz CT molecular complexity index is 777. The van der Waals surface area contributed by atoms with Crippen LogP contribution in [0.2, 0.25) is 0 Å². The Morgan fingerprint density at radius 1 is 1.27 bits per heavy atom. The number of amides is 2. The largest absolute Gasteiger partial charge is 0.493 e. The fraction of sp³-hybridized carbons (Fsp3) is 0.474. The minimum Gasteiger partial charge on any atom is -0.493 e. The van der Waals surface area contributed by atoms with Gasteiger partial charge in [0.15, 0.2) is 17.1 Å². The van der Waals surface area contributed by atoms with Gasteiger partial charge >= 0.3 is 0 Å². The maximum Gasteiger partial charge on any atom is 0.287 e. The number of aliphatic hydroxyl groups excluding tert-OH is 1. The SMILES string of the molecule is COc1cccc2cc(C(=O)NC(CO)C(=O)N3CCCCCC3)oc12. The Balaban J connectivity index is 1.73. The smallest absolute Gasteiger partial charge is 0.287 e. The van der Waals surface area contributed by atoms with Gasteiger partial charge in [0.25, 0.3) is 5.91 Å². The summed E-state index contributed by atoms with van der Waals surface area (Å²) in [7, 11) is 1.53. The molecule has 7 nitrogen and oxygen atoms in total. The Morgan fingerprint density at radius 2 is 2.00 bits per heavy atom. The molecule has 26 heavy (non-hydrogen) atoms. The number of hydrogen-bond acceptors (Lipinski definition) is 5. The molecule has 1 unspecified atom stereocenters. The summed E-state index contributed by atoms with van der Waals surface area (Å²) in [6, 6.07) is 5.97. The summed E-state index contributed by atoms with van der Waals surface area (Å²) in [6.07, 6.45) is 4.09. The number of carbonyl (C=O) groups is 2. The van der Waals surface area contributed by atoms with Crippen LogP contribution in [0.5, 0.6) is 5.75 Å². The number of likely N-dealkylation sites (tertiary alicyclic amines) is 1. The molecule has 1 aliphatic rings. The molecule has 0 bridgehead atoms. The Hall–Kier alpha value is -2.54. The van der Waals surface area contributed by atoms with Gasteiger partial charge in [-0.2, -0.15) is 0 Å². The zero-order valence-corrected chi connectivity index (χ0v) is 14.9. The maximum atomic E-state index is 12.6. The zero-order chi connectivity index (χ0) is 18.5. The van der Waals surface area contributed by atoms with Gasteiger partial charge in [-0.25, -0.2) is 0 Å². The normalized spacial score (nSPS) is 16.2. The first-order chi connectivity index (χ1) is 12.6. The first kappa shape index (κ1) is 18.3. The Morgan fingerprint density at radius 3 is 2.65 bits per heavy atom. The molecule has 1 aromatic carbocycles. The van der Waals surface area contributed by atoms with E-state index in [1.165, 1.54) is 7.11 Å². The van der Waals surface area contributed by atoms with Gasteiger partial charge in [-0.15, -0.1) is 0 Å². The number of rotatable bonds is 5. The number of nitrogens with zero attached hydrogens (tertiary/aromatic N) is 1. The van der Waals surface area contributed by atoms with Crippen LogP contribution in [0.1, 0.15) is 36.2 Å². The summed E-state index contributed by atoms with van der Waals surface area (Å²) < 4.78 is 10.8. The van der Waals surface area contributed by atoms with Gasteiger partial charge in [0.1, 0.15) is 6.04 Å². The average molecular weight is 360 g/mol. The quantitative estimate of drug-likeness (QED) is 0.850. The summed E-state index contributed by atoms with van der Waals surface area (Å²) >= 11 is 0. The Kier molecular flexibility index (Phi) is 5.78. The number of nitrogens with one attached hydrogen (secondary N) is 1. The lowest BCUT2D eigenvalue weighted by Gasteiger charge is -2.25. The van der Waals surface area contributed by atoms with Crippen molar-refractivity contribution < 1.29 is 23.8 Å². The third-order valence-corrected chi connectivity index (χ3v) is 4.66. The van der Waals surface area contributed by atoms with Crippen LogP contribution in [0.25, 0.3) is 11.0 Å². The molecular formula is C19H24N2O5. The summed E-state index contributed by atoms with van der Waals surface area (Å²) in [5.74, 6) is -0.186. The van der Waals surface area contributed by atoms with E-state index in [9.17, 15) is 14.7 Å². The van der Waals surface area contributed by atoms with Crippen LogP contribution in [0, 0.1) is 0 Å². The van der Waals surface area contributed by atoms with Gasteiger partial charge < -0.3 is 24.5 Å². The fourth-order valence-corrected chi connectivity index (χ4v) is 3.24. The molecule has 0 spiro atoms. The third kappa shape index (κ3) is 3.83. The van der Waals surface area contributed by atoms with Crippen molar-refractivity contribution >= 4 is 22.8 Å². The molecule has 2 aromatic rings. The van der Waals surface area contributed by atoms with E-state index in [1.807, 2.05) is 6.07 Å². The van der Waals surface area contributed by atoms with E-state index in [1.54, 1.807) is 23.1 Å². The van der Waals surface area contributed by atoms with Crippen molar-refractivity contribution in [3.05, 3.63) is 30.0 Å². The fourth-order valence-electron chi connectivity index (χ4n) is 3.24. The van der Waals surface area contributed by atoms with Gasteiger partial charge in [0, 0.05) is 18.5 Å². The van der Waals surface area contributed by atoms with E-state index in [-0.39, 0.29) is 11.7 Å². The predicted octanol–water partition coefficient (Wildman–Crippen LogP) is 1.93. The molecule has 1 fully saturated rings. The second-order valence-corrected chi connectivity index (χ2v) is 6.44. The van der Waals surface area contributed by atoms with Crippen LogP contribution in [-0.4, -0.2) is 54.7 Å². The molecule has 0 aliphatic carbocycles. The molecule has 1 atom stereocenters. The number of hydrogen-bond donors (Lipinski definition) is 2. The van der Waals surface area contributed by atoms with Crippen molar-refractivity contribution in [1.29, 1.82) is 0 Å². The van der Waals surface area contributed by atoms with Crippen LogP contribution in [-0.2, 0) is 4.79 Å². The number of fused-ring (bicyclic) bond motifs is 1. The van der Waals surface area contributed by atoms with Crippen molar-refractivity contribution in [3.63, 3.8) is 0 Å². The molecule has 2 heterocycles. The summed E-state index contributed by atoms with van der Waals surface area (Å²) in [5.41, 5.74) is 0.472. The predicted molar refractivity (Wildman–Crippen MR) is 96.2 cm³/mol.